The van der Waals surface area contributed by atoms with Gasteiger partial charge in [0.2, 0.25) is 0 Å². The molecule has 1 aromatic rings. The third-order valence-corrected chi connectivity index (χ3v) is 4.34. The number of nitrogens with zero attached hydrogens (tertiary/aromatic N) is 2. The first-order chi connectivity index (χ1) is 10.8. The van der Waals surface area contributed by atoms with Crippen molar-refractivity contribution in [2.45, 2.75) is 51.8 Å². The quantitative estimate of drug-likeness (QED) is 0.875. The molecular weight excluding hydrogens is 292 g/mol. The molecule has 1 atom stereocenters. The third-order valence-electron chi connectivity index (χ3n) is 4.34. The first-order valence-electron chi connectivity index (χ1n) is 8.24. The van der Waals surface area contributed by atoms with E-state index in [1.165, 1.54) is 10.5 Å². The van der Waals surface area contributed by atoms with Crippen LogP contribution in [0.5, 0.6) is 0 Å². The zero-order valence-corrected chi connectivity index (χ0v) is 14.3. The van der Waals surface area contributed by atoms with Crippen LogP contribution in [0.2, 0.25) is 0 Å². The first kappa shape index (κ1) is 17.8. The molecule has 1 heterocycles. The van der Waals surface area contributed by atoms with Crippen molar-refractivity contribution in [1.82, 2.24) is 9.80 Å². The molecule has 1 unspecified atom stereocenters. The Labute approximate surface area is 138 Å². The van der Waals surface area contributed by atoms with Crippen LogP contribution in [0.25, 0.3) is 0 Å². The van der Waals surface area contributed by atoms with Gasteiger partial charge in [-0.3, -0.25) is 4.90 Å². The molecule has 0 radical (unpaired) electrons. The lowest BCUT2D eigenvalue weighted by Crippen LogP contribution is -2.45. The maximum absolute atomic E-state index is 11.3. The average molecular weight is 320 g/mol. The summed E-state index contributed by atoms with van der Waals surface area (Å²) in [5.41, 5.74) is 1.99. The number of amides is 1. The van der Waals surface area contributed by atoms with Crippen LogP contribution in [0, 0.1) is 0 Å². The lowest BCUT2D eigenvalue weighted by Gasteiger charge is -2.33. The van der Waals surface area contributed by atoms with Crippen LogP contribution in [0.4, 0.5) is 4.79 Å². The number of aliphatic hydroxyl groups is 1. The highest BCUT2D eigenvalue weighted by Crippen LogP contribution is 2.16. The number of carboxylic acid groups (broad SMARTS) is 1. The summed E-state index contributed by atoms with van der Waals surface area (Å²) in [7, 11) is 0. The molecule has 0 saturated carbocycles. The zero-order chi connectivity index (χ0) is 17.0. The van der Waals surface area contributed by atoms with E-state index in [1.54, 1.807) is 0 Å². The maximum Gasteiger partial charge on any atom is 0.407 e. The molecule has 5 nitrogen and oxygen atoms in total. The molecule has 2 rings (SSSR count). The van der Waals surface area contributed by atoms with E-state index in [-0.39, 0.29) is 11.6 Å². The predicted octanol–water partition coefficient (Wildman–Crippen LogP) is 2.57. The van der Waals surface area contributed by atoms with Gasteiger partial charge in [0, 0.05) is 31.7 Å². The molecule has 0 aromatic heterocycles. The van der Waals surface area contributed by atoms with Crippen molar-refractivity contribution in [3.63, 3.8) is 0 Å². The second-order valence-corrected chi connectivity index (χ2v) is 7.35. The van der Waals surface area contributed by atoms with Gasteiger partial charge in [-0.1, -0.05) is 24.3 Å². The number of rotatable bonds is 5. The van der Waals surface area contributed by atoms with E-state index in [0.29, 0.717) is 13.0 Å². The number of aliphatic hydroxyl groups excluding tert-OH is 1. The summed E-state index contributed by atoms with van der Waals surface area (Å²) < 4.78 is 0. The van der Waals surface area contributed by atoms with Crippen LogP contribution < -0.4 is 0 Å². The molecule has 1 amide bonds. The minimum Gasteiger partial charge on any atom is -0.465 e. The van der Waals surface area contributed by atoms with Crippen molar-refractivity contribution < 1.29 is 15.0 Å². The Kier molecular flexibility index (Phi) is 5.65. The van der Waals surface area contributed by atoms with Crippen LogP contribution in [0.3, 0.4) is 0 Å². The van der Waals surface area contributed by atoms with Crippen LogP contribution in [0.1, 0.15) is 38.3 Å². The van der Waals surface area contributed by atoms with Crippen molar-refractivity contribution in [3.8, 4) is 0 Å². The lowest BCUT2D eigenvalue weighted by molar-refractivity contribution is 0.101. The SMILES string of the molecule is CC(C)(C)N(CCc1ccc(CN2CCC(O)C2)cc1)C(=O)O. The van der Waals surface area contributed by atoms with Gasteiger partial charge in [-0.2, -0.15) is 0 Å². The van der Waals surface area contributed by atoms with E-state index < -0.39 is 6.09 Å². The van der Waals surface area contributed by atoms with Crippen molar-refractivity contribution in [2.24, 2.45) is 0 Å². The fourth-order valence-electron chi connectivity index (χ4n) is 2.98. The number of benzene rings is 1. The minimum absolute atomic E-state index is 0.186. The average Bonchev–Trinajstić information content (AvgIpc) is 2.84. The van der Waals surface area contributed by atoms with Gasteiger partial charge in [0.25, 0.3) is 0 Å². The number of β-amino-alcohol motifs (C(OH)–C–C–N with tert-alkyl or cyclic N) is 1. The molecule has 0 aliphatic carbocycles. The highest BCUT2D eigenvalue weighted by Gasteiger charge is 2.25. The van der Waals surface area contributed by atoms with Crippen LogP contribution in [-0.2, 0) is 13.0 Å². The highest BCUT2D eigenvalue weighted by molar-refractivity contribution is 5.66. The summed E-state index contributed by atoms with van der Waals surface area (Å²) in [5, 5.41) is 18.9. The summed E-state index contributed by atoms with van der Waals surface area (Å²) in [5.74, 6) is 0. The minimum atomic E-state index is -0.873. The molecule has 128 valence electrons. The lowest BCUT2D eigenvalue weighted by atomic mass is 10.0. The van der Waals surface area contributed by atoms with Gasteiger partial charge in [0.05, 0.1) is 6.10 Å². The third kappa shape index (κ3) is 5.22. The van der Waals surface area contributed by atoms with Gasteiger partial charge in [0.15, 0.2) is 0 Å². The molecule has 1 aliphatic rings. The van der Waals surface area contributed by atoms with E-state index >= 15 is 0 Å². The first-order valence-corrected chi connectivity index (χ1v) is 8.24. The van der Waals surface area contributed by atoms with Crippen LogP contribution in [-0.4, -0.2) is 57.4 Å². The summed E-state index contributed by atoms with van der Waals surface area (Å²) in [6.45, 7) is 8.79. The highest BCUT2D eigenvalue weighted by atomic mass is 16.4. The number of hydrogen-bond donors (Lipinski definition) is 2. The Morgan fingerprint density at radius 3 is 2.35 bits per heavy atom. The van der Waals surface area contributed by atoms with Crippen molar-refractivity contribution >= 4 is 6.09 Å². The molecule has 1 aromatic carbocycles. The van der Waals surface area contributed by atoms with Crippen molar-refractivity contribution in [2.75, 3.05) is 19.6 Å². The fourth-order valence-corrected chi connectivity index (χ4v) is 2.98. The molecule has 1 fully saturated rings. The molecule has 23 heavy (non-hydrogen) atoms. The van der Waals surface area contributed by atoms with Crippen molar-refractivity contribution in [3.05, 3.63) is 35.4 Å². The largest absolute Gasteiger partial charge is 0.465 e. The number of hydrogen-bond acceptors (Lipinski definition) is 3. The second kappa shape index (κ2) is 7.32. The molecule has 2 N–H and O–H groups in total. The second-order valence-electron chi connectivity index (χ2n) is 7.35. The van der Waals surface area contributed by atoms with E-state index in [4.69, 9.17) is 0 Å². The Hall–Kier alpha value is -1.59. The predicted molar refractivity (Wildman–Crippen MR) is 90.5 cm³/mol. The zero-order valence-electron chi connectivity index (χ0n) is 14.3. The van der Waals surface area contributed by atoms with Crippen LogP contribution >= 0.6 is 0 Å². The maximum atomic E-state index is 11.3. The van der Waals surface area contributed by atoms with Gasteiger partial charge >= 0.3 is 6.09 Å². The topological polar surface area (TPSA) is 64.0 Å². The fraction of sp³-hybridized carbons (Fsp3) is 0.611. The van der Waals surface area contributed by atoms with Crippen LogP contribution in [0.15, 0.2) is 24.3 Å². The summed E-state index contributed by atoms with van der Waals surface area (Å²) in [6, 6.07) is 8.35. The summed E-state index contributed by atoms with van der Waals surface area (Å²) in [4.78, 5) is 15.1. The van der Waals surface area contributed by atoms with Gasteiger partial charge in [0.1, 0.15) is 0 Å². The van der Waals surface area contributed by atoms with Gasteiger partial charge < -0.3 is 15.1 Å². The van der Waals surface area contributed by atoms with Gasteiger partial charge in [-0.05, 0) is 44.7 Å². The Morgan fingerprint density at radius 1 is 1.26 bits per heavy atom. The standard InChI is InChI=1S/C18H28N2O3/c1-18(2,3)20(17(22)23)11-8-14-4-6-15(7-5-14)12-19-10-9-16(21)13-19/h4-7,16,21H,8-13H2,1-3H3,(H,22,23). The molecule has 0 spiro atoms. The molecule has 0 bridgehead atoms. The number of likely N-dealkylation sites (tertiary alicyclic amines) is 1. The van der Waals surface area contributed by atoms with E-state index in [1.807, 2.05) is 20.8 Å². The number of carbonyl (C=O) groups is 1. The Balaban J connectivity index is 1.88. The Bertz CT molecular complexity index is 522. The molecule has 1 saturated heterocycles. The summed E-state index contributed by atoms with van der Waals surface area (Å²) >= 11 is 0. The van der Waals surface area contributed by atoms with Crippen molar-refractivity contribution in [1.29, 1.82) is 0 Å². The van der Waals surface area contributed by atoms with E-state index in [9.17, 15) is 15.0 Å². The molecule has 1 aliphatic heterocycles. The van der Waals surface area contributed by atoms with Gasteiger partial charge in [-0.25, -0.2) is 4.79 Å². The Morgan fingerprint density at radius 2 is 1.87 bits per heavy atom. The monoisotopic (exact) mass is 320 g/mol. The smallest absolute Gasteiger partial charge is 0.407 e. The summed E-state index contributed by atoms with van der Waals surface area (Å²) in [6.07, 6.45) is 0.512. The van der Waals surface area contributed by atoms with E-state index in [0.717, 1.165) is 31.6 Å². The normalized spacial score (nSPS) is 19.0. The molecular formula is C18H28N2O3. The van der Waals surface area contributed by atoms with Gasteiger partial charge in [-0.15, -0.1) is 0 Å². The molecule has 5 heteroatoms. The van der Waals surface area contributed by atoms with E-state index in [2.05, 4.69) is 29.2 Å².